The molecule has 0 saturated carbocycles. The lowest BCUT2D eigenvalue weighted by atomic mass is 10.0. The first-order valence-corrected chi connectivity index (χ1v) is 7.46. The van der Waals surface area contributed by atoms with Crippen LogP contribution >= 0.6 is 0 Å². The maximum Gasteiger partial charge on any atom is 0.251 e. The molecule has 0 saturated heterocycles. The van der Waals surface area contributed by atoms with Crippen LogP contribution in [0.25, 0.3) is 0 Å². The second-order valence-corrected chi connectivity index (χ2v) is 5.11. The highest BCUT2D eigenvalue weighted by atomic mass is 19.1. The molecule has 0 aliphatic carbocycles. The Morgan fingerprint density at radius 3 is 2.32 bits per heavy atom. The van der Waals surface area contributed by atoms with Crippen LogP contribution in [-0.2, 0) is 12.8 Å². The van der Waals surface area contributed by atoms with Gasteiger partial charge in [0, 0.05) is 12.1 Å². The maximum atomic E-state index is 13.5. The van der Waals surface area contributed by atoms with E-state index < -0.39 is 0 Å². The van der Waals surface area contributed by atoms with Crippen molar-refractivity contribution in [2.75, 3.05) is 20.1 Å². The van der Waals surface area contributed by atoms with Crippen LogP contribution in [-0.4, -0.2) is 26.0 Å². The fourth-order valence-corrected chi connectivity index (χ4v) is 2.33. The Hall–Kier alpha value is -2.20. The van der Waals surface area contributed by atoms with Crippen molar-refractivity contribution in [3.63, 3.8) is 0 Å². The second kappa shape index (κ2) is 8.29. The molecule has 0 unspecified atom stereocenters. The summed E-state index contributed by atoms with van der Waals surface area (Å²) >= 11 is 0. The van der Waals surface area contributed by atoms with E-state index in [0.29, 0.717) is 24.1 Å². The van der Waals surface area contributed by atoms with Gasteiger partial charge in [0.15, 0.2) is 0 Å². The minimum absolute atomic E-state index is 0.108. The van der Waals surface area contributed by atoms with Crippen LogP contribution in [0.2, 0.25) is 0 Å². The van der Waals surface area contributed by atoms with Crippen LogP contribution in [0.1, 0.15) is 21.5 Å². The van der Waals surface area contributed by atoms with Crippen molar-refractivity contribution in [3.05, 3.63) is 71.0 Å². The first-order chi connectivity index (χ1) is 10.7. The normalized spacial score (nSPS) is 10.5. The zero-order valence-corrected chi connectivity index (χ0v) is 12.7. The lowest BCUT2D eigenvalue weighted by molar-refractivity contribution is 0.0953. The fraction of sp³-hybridized carbons (Fsp3) is 0.278. The molecule has 0 aliphatic rings. The molecule has 22 heavy (non-hydrogen) atoms. The molecule has 2 aromatic rings. The molecule has 0 spiro atoms. The predicted octanol–water partition coefficient (Wildman–Crippen LogP) is 2.56. The Morgan fingerprint density at radius 1 is 0.955 bits per heavy atom. The molecule has 0 heterocycles. The van der Waals surface area contributed by atoms with E-state index >= 15 is 0 Å². The maximum absolute atomic E-state index is 13.5. The number of hydrogen-bond acceptors (Lipinski definition) is 2. The summed E-state index contributed by atoms with van der Waals surface area (Å²) in [5, 5.41) is 5.95. The molecule has 0 aliphatic heterocycles. The zero-order valence-electron chi connectivity index (χ0n) is 12.7. The molecule has 0 radical (unpaired) electrons. The average Bonchev–Trinajstić information content (AvgIpc) is 2.55. The molecule has 2 N–H and O–H groups in total. The Kier molecular flexibility index (Phi) is 6.10. The SMILES string of the molecule is CNCCc1ccccc1C(=O)NCCc1ccccc1F. The van der Waals surface area contributed by atoms with E-state index in [-0.39, 0.29) is 11.7 Å². The highest BCUT2D eigenvalue weighted by Crippen LogP contribution is 2.10. The van der Waals surface area contributed by atoms with Crippen molar-refractivity contribution in [1.82, 2.24) is 10.6 Å². The Labute approximate surface area is 130 Å². The first kappa shape index (κ1) is 16.2. The van der Waals surface area contributed by atoms with Gasteiger partial charge in [-0.3, -0.25) is 4.79 Å². The minimum Gasteiger partial charge on any atom is -0.352 e. The Balaban J connectivity index is 1.94. The number of benzene rings is 2. The van der Waals surface area contributed by atoms with Gasteiger partial charge in [-0.05, 0) is 49.7 Å². The largest absolute Gasteiger partial charge is 0.352 e. The molecule has 3 nitrogen and oxygen atoms in total. The number of rotatable bonds is 7. The topological polar surface area (TPSA) is 41.1 Å². The summed E-state index contributed by atoms with van der Waals surface area (Å²) in [6, 6.07) is 14.2. The van der Waals surface area contributed by atoms with E-state index in [1.54, 1.807) is 18.2 Å². The minimum atomic E-state index is -0.230. The fourth-order valence-electron chi connectivity index (χ4n) is 2.33. The summed E-state index contributed by atoms with van der Waals surface area (Å²) in [4.78, 5) is 12.3. The van der Waals surface area contributed by atoms with Crippen molar-refractivity contribution < 1.29 is 9.18 Å². The average molecular weight is 300 g/mol. The van der Waals surface area contributed by atoms with Crippen LogP contribution in [0.5, 0.6) is 0 Å². The van der Waals surface area contributed by atoms with Crippen LogP contribution < -0.4 is 10.6 Å². The molecule has 0 aromatic heterocycles. The Bertz CT molecular complexity index is 628. The lowest BCUT2D eigenvalue weighted by Crippen LogP contribution is -2.27. The van der Waals surface area contributed by atoms with Gasteiger partial charge in [-0.15, -0.1) is 0 Å². The lowest BCUT2D eigenvalue weighted by Gasteiger charge is -2.10. The van der Waals surface area contributed by atoms with Gasteiger partial charge in [0.2, 0.25) is 0 Å². The number of amides is 1. The molecular weight excluding hydrogens is 279 g/mol. The molecule has 0 atom stereocenters. The van der Waals surface area contributed by atoms with E-state index in [9.17, 15) is 9.18 Å². The third-order valence-electron chi connectivity index (χ3n) is 3.54. The molecule has 2 rings (SSSR count). The van der Waals surface area contributed by atoms with E-state index in [2.05, 4.69) is 10.6 Å². The van der Waals surface area contributed by atoms with Gasteiger partial charge < -0.3 is 10.6 Å². The number of likely N-dealkylation sites (N-methyl/N-ethyl adjacent to an activating group) is 1. The summed E-state index contributed by atoms with van der Waals surface area (Å²) in [7, 11) is 1.89. The predicted molar refractivity (Wildman–Crippen MR) is 86.5 cm³/mol. The van der Waals surface area contributed by atoms with E-state index in [1.165, 1.54) is 6.07 Å². The number of nitrogens with one attached hydrogen (secondary N) is 2. The smallest absolute Gasteiger partial charge is 0.251 e. The standard InChI is InChI=1S/C18H21FN2O/c1-20-12-10-14-6-2-4-8-16(14)18(22)21-13-11-15-7-3-5-9-17(15)19/h2-9,20H,10-13H2,1H3,(H,21,22). The zero-order chi connectivity index (χ0) is 15.8. The molecule has 2 aromatic carbocycles. The third-order valence-corrected chi connectivity index (χ3v) is 3.54. The molecule has 0 fully saturated rings. The first-order valence-electron chi connectivity index (χ1n) is 7.46. The Morgan fingerprint density at radius 2 is 1.59 bits per heavy atom. The van der Waals surface area contributed by atoms with E-state index in [1.807, 2.05) is 31.3 Å². The second-order valence-electron chi connectivity index (χ2n) is 5.11. The van der Waals surface area contributed by atoms with Crippen molar-refractivity contribution >= 4 is 5.91 Å². The van der Waals surface area contributed by atoms with E-state index in [4.69, 9.17) is 0 Å². The number of halogens is 1. The van der Waals surface area contributed by atoms with Crippen LogP contribution in [0.15, 0.2) is 48.5 Å². The molecule has 116 valence electrons. The third kappa shape index (κ3) is 4.40. The quantitative estimate of drug-likeness (QED) is 0.825. The summed E-state index contributed by atoms with van der Waals surface area (Å²) in [6.45, 7) is 1.24. The van der Waals surface area contributed by atoms with Crippen LogP contribution in [0, 0.1) is 5.82 Å². The molecule has 0 bridgehead atoms. The summed E-state index contributed by atoms with van der Waals surface area (Å²) in [5.74, 6) is -0.339. The van der Waals surface area contributed by atoms with Crippen molar-refractivity contribution in [1.29, 1.82) is 0 Å². The van der Waals surface area contributed by atoms with Gasteiger partial charge in [0.25, 0.3) is 5.91 Å². The van der Waals surface area contributed by atoms with Gasteiger partial charge in [-0.25, -0.2) is 4.39 Å². The molecule has 1 amide bonds. The summed E-state index contributed by atoms with van der Waals surface area (Å²) < 4.78 is 13.5. The summed E-state index contributed by atoms with van der Waals surface area (Å²) in [6.07, 6.45) is 1.28. The van der Waals surface area contributed by atoms with Gasteiger partial charge in [-0.2, -0.15) is 0 Å². The van der Waals surface area contributed by atoms with Gasteiger partial charge in [0.1, 0.15) is 5.82 Å². The monoisotopic (exact) mass is 300 g/mol. The van der Waals surface area contributed by atoms with Gasteiger partial charge in [0.05, 0.1) is 0 Å². The van der Waals surface area contributed by atoms with Crippen molar-refractivity contribution in [3.8, 4) is 0 Å². The van der Waals surface area contributed by atoms with Crippen molar-refractivity contribution in [2.24, 2.45) is 0 Å². The van der Waals surface area contributed by atoms with Crippen LogP contribution in [0.4, 0.5) is 4.39 Å². The van der Waals surface area contributed by atoms with Crippen molar-refractivity contribution in [2.45, 2.75) is 12.8 Å². The number of carbonyl (C=O) groups excluding carboxylic acids is 1. The van der Waals surface area contributed by atoms with Gasteiger partial charge >= 0.3 is 0 Å². The highest BCUT2D eigenvalue weighted by Gasteiger charge is 2.10. The van der Waals surface area contributed by atoms with Gasteiger partial charge in [-0.1, -0.05) is 36.4 Å². The number of carbonyl (C=O) groups is 1. The molecule has 4 heteroatoms. The number of hydrogen-bond donors (Lipinski definition) is 2. The summed E-state index contributed by atoms with van der Waals surface area (Å²) in [5.41, 5.74) is 2.32. The van der Waals surface area contributed by atoms with Crippen LogP contribution in [0.3, 0.4) is 0 Å². The molecular formula is C18H21FN2O. The van der Waals surface area contributed by atoms with E-state index in [0.717, 1.165) is 18.5 Å². The highest BCUT2D eigenvalue weighted by molar-refractivity contribution is 5.95.